The molecule has 0 aliphatic rings. The van der Waals surface area contributed by atoms with E-state index in [0.717, 1.165) is 66.9 Å². The Morgan fingerprint density at radius 3 is 1.62 bits per heavy atom. The molecule has 2 aromatic heterocycles. The maximum atomic E-state index is 6.85. The molecule has 0 unspecified atom stereocenters. The zero-order valence-electron chi connectivity index (χ0n) is 37.6. The molecule has 0 radical (unpaired) electrons. The van der Waals surface area contributed by atoms with E-state index in [9.17, 15) is 0 Å². The molecule has 0 spiro atoms. The smallest absolute Gasteiger partial charge is 0.143 e. The van der Waals surface area contributed by atoms with Gasteiger partial charge in [-0.3, -0.25) is 0 Å². The van der Waals surface area contributed by atoms with Gasteiger partial charge in [0.05, 0.1) is 16.7 Å². The highest BCUT2D eigenvalue weighted by Gasteiger charge is 2.21. The second kappa shape index (κ2) is 15.7. The molecule has 322 valence electrons. The fraction of sp³-hybridized carbons (Fsp3) is 0. The van der Waals surface area contributed by atoms with E-state index < -0.39 is 0 Å². The van der Waals surface area contributed by atoms with Crippen molar-refractivity contribution in [3.05, 3.63) is 255 Å². The third-order valence-electron chi connectivity index (χ3n) is 14.2. The van der Waals surface area contributed by atoms with Crippen LogP contribution in [0.5, 0.6) is 0 Å². The van der Waals surface area contributed by atoms with Gasteiger partial charge in [-0.05, 0) is 121 Å². The first-order chi connectivity index (χ1) is 34.2. The first kappa shape index (κ1) is 39.0. The molecule has 0 saturated carbocycles. The van der Waals surface area contributed by atoms with Gasteiger partial charge in [-0.15, -0.1) is 0 Å². The van der Waals surface area contributed by atoms with Gasteiger partial charge in [-0.2, -0.15) is 0 Å². The summed E-state index contributed by atoms with van der Waals surface area (Å²) in [5, 5.41) is 12.1. The number of aromatic nitrogens is 1. The molecule has 3 heteroatoms. The van der Waals surface area contributed by atoms with Crippen molar-refractivity contribution in [2.24, 2.45) is 0 Å². The van der Waals surface area contributed by atoms with Gasteiger partial charge in [0.1, 0.15) is 11.2 Å². The molecule has 0 aliphatic carbocycles. The molecule has 0 saturated heterocycles. The monoisotopic (exact) mass is 878 g/mol. The van der Waals surface area contributed by atoms with Crippen LogP contribution in [0.15, 0.2) is 259 Å². The average Bonchev–Trinajstić information content (AvgIpc) is 3.96. The van der Waals surface area contributed by atoms with Crippen LogP contribution in [0.25, 0.3) is 115 Å². The Kier molecular flexibility index (Phi) is 8.90. The van der Waals surface area contributed by atoms with Crippen LogP contribution in [0.2, 0.25) is 0 Å². The van der Waals surface area contributed by atoms with E-state index in [-0.39, 0.29) is 0 Å². The molecule has 0 aliphatic heterocycles. The number of anilines is 3. The van der Waals surface area contributed by atoms with E-state index in [1.807, 2.05) is 0 Å². The van der Waals surface area contributed by atoms with Crippen LogP contribution >= 0.6 is 0 Å². The summed E-state index contributed by atoms with van der Waals surface area (Å²) < 4.78 is 9.23. The van der Waals surface area contributed by atoms with Gasteiger partial charge < -0.3 is 13.9 Å². The maximum Gasteiger partial charge on any atom is 0.143 e. The fourth-order valence-electron chi connectivity index (χ4n) is 10.9. The molecular weight excluding hydrogens is 837 g/mol. The summed E-state index contributed by atoms with van der Waals surface area (Å²) in [6, 6.07) is 92.4. The van der Waals surface area contributed by atoms with Crippen LogP contribution in [-0.2, 0) is 0 Å². The lowest BCUT2D eigenvalue weighted by molar-refractivity contribution is 0.670. The third-order valence-corrected chi connectivity index (χ3v) is 14.2. The Balaban J connectivity index is 0.908. The summed E-state index contributed by atoms with van der Waals surface area (Å²) in [7, 11) is 0. The summed E-state index contributed by atoms with van der Waals surface area (Å²) >= 11 is 0. The lowest BCUT2D eigenvalue weighted by atomic mass is 9.94. The molecule has 0 fully saturated rings. The predicted molar refractivity (Wildman–Crippen MR) is 292 cm³/mol. The lowest BCUT2D eigenvalue weighted by Gasteiger charge is -2.28. The molecule has 3 nitrogen and oxygen atoms in total. The topological polar surface area (TPSA) is 21.3 Å². The molecule has 14 aromatic rings. The molecule has 0 N–H and O–H groups in total. The van der Waals surface area contributed by atoms with Crippen molar-refractivity contribution < 1.29 is 4.42 Å². The molecule has 0 atom stereocenters. The second-order valence-corrected chi connectivity index (χ2v) is 18.0. The number of hydrogen-bond acceptors (Lipinski definition) is 2. The van der Waals surface area contributed by atoms with Gasteiger partial charge in [0.15, 0.2) is 0 Å². The first-order valence-corrected chi connectivity index (χ1v) is 23.7. The van der Waals surface area contributed by atoms with E-state index >= 15 is 0 Å². The van der Waals surface area contributed by atoms with Crippen molar-refractivity contribution in [3.8, 4) is 39.1 Å². The standard InChI is InChI=1S/C66H42N2O/c1-2-16-48-42-65-61(41-47(48)15-1)60-26-13-25-59(66(60)69-65)58-22-7-8-27-62(58)67(50-37-32-45(33-38-50)53-23-12-24-54-52-19-4-3-14-44(52)34-39-55(53)54)49-35-30-43(31-36-49)46-17-11-18-51(40-46)68-63-28-9-5-20-56(63)57-21-6-10-29-64(57)68/h1-42H. The zero-order chi connectivity index (χ0) is 45.4. The number of benzene rings is 12. The van der Waals surface area contributed by atoms with Crippen molar-refractivity contribution in [1.29, 1.82) is 0 Å². The molecule has 0 amide bonds. The van der Waals surface area contributed by atoms with Crippen molar-refractivity contribution >= 4 is 93.1 Å². The predicted octanol–water partition coefficient (Wildman–Crippen LogP) is 18.6. The largest absolute Gasteiger partial charge is 0.455 e. The van der Waals surface area contributed by atoms with Crippen molar-refractivity contribution in [3.63, 3.8) is 0 Å². The highest BCUT2D eigenvalue weighted by Crippen LogP contribution is 2.46. The Hall–Kier alpha value is -9.18. The number of para-hydroxylation sites is 4. The zero-order valence-corrected chi connectivity index (χ0v) is 37.6. The van der Waals surface area contributed by atoms with Crippen LogP contribution in [0.3, 0.4) is 0 Å². The number of hydrogen-bond donors (Lipinski definition) is 0. The summed E-state index contributed by atoms with van der Waals surface area (Å²) in [4.78, 5) is 2.39. The summed E-state index contributed by atoms with van der Waals surface area (Å²) in [6.45, 7) is 0. The summed E-state index contributed by atoms with van der Waals surface area (Å²) in [5.74, 6) is 0. The Bertz CT molecular complexity index is 4260. The van der Waals surface area contributed by atoms with E-state index in [2.05, 4.69) is 264 Å². The van der Waals surface area contributed by atoms with E-state index in [4.69, 9.17) is 4.42 Å². The quantitative estimate of drug-likeness (QED) is 0.149. The second-order valence-electron chi connectivity index (χ2n) is 18.0. The van der Waals surface area contributed by atoms with Crippen LogP contribution in [-0.4, -0.2) is 4.57 Å². The highest BCUT2D eigenvalue weighted by molar-refractivity contribution is 6.15. The van der Waals surface area contributed by atoms with Crippen LogP contribution in [0.4, 0.5) is 17.1 Å². The number of furan rings is 1. The molecule has 12 aromatic carbocycles. The third kappa shape index (κ3) is 6.36. The van der Waals surface area contributed by atoms with Gasteiger partial charge in [-0.25, -0.2) is 0 Å². The number of nitrogens with zero attached hydrogens (tertiary/aromatic N) is 2. The Labute approximate surface area is 399 Å². The van der Waals surface area contributed by atoms with Gasteiger partial charge in [0.25, 0.3) is 0 Å². The minimum absolute atomic E-state index is 0.882. The number of rotatable bonds is 7. The van der Waals surface area contributed by atoms with E-state index in [1.165, 1.54) is 65.3 Å². The van der Waals surface area contributed by atoms with Gasteiger partial charge in [0.2, 0.25) is 0 Å². The highest BCUT2D eigenvalue weighted by atomic mass is 16.3. The molecule has 69 heavy (non-hydrogen) atoms. The summed E-state index contributed by atoms with van der Waals surface area (Å²) in [5.41, 5.74) is 15.3. The summed E-state index contributed by atoms with van der Waals surface area (Å²) in [6.07, 6.45) is 0. The number of fused-ring (bicyclic) bond motifs is 10. The van der Waals surface area contributed by atoms with Crippen molar-refractivity contribution in [2.75, 3.05) is 4.90 Å². The van der Waals surface area contributed by atoms with Crippen LogP contribution in [0, 0.1) is 0 Å². The normalized spacial score (nSPS) is 11.8. The van der Waals surface area contributed by atoms with E-state index in [0.29, 0.717) is 0 Å². The van der Waals surface area contributed by atoms with Gasteiger partial charge >= 0.3 is 0 Å². The van der Waals surface area contributed by atoms with Crippen molar-refractivity contribution in [2.45, 2.75) is 0 Å². The van der Waals surface area contributed by atoms with Gasteiger partial charge in [0, 0.05) is 49.7 Å². The minimum Gasteiger partial charge on any atom is -0.455 e. The minimum atomic E-state index is 0.882. The van der Waals surface area contributed by atoms with Crippen molar-refractivity contribution in [1.82, 2.24) is 4.57 Å². The molecular formula is C66H42N2O. The van der Waals surface area contributed by atoms with Gasteiger partial charge in [-0.1, -0.05) is 188 Å². The Morgan fingerprint density at radius 1 is 0.304 bits per heavy atom. The average molecular weight is 879 g/mol. The first-order valence-electron chi connectivity index (χ1n) is 23.7. The maximum absolute atomic E-state index is 6.85. The van der Waals surface area contributed by atoms with Crippen LogP contribution in [0.1, 0.15) is 0 Å². The fourth-order valence-corrected chi connectivity index (χ4v) is 10.9. The molecule has 2 heterocycles. The van der Waals surface area contributed by atoms with E-state index in [1.54, 1.807) is 0 Å². The molecule has 0 bridgehead atoms. The SMILES string of the molecule is c1cc(-c2ccc(N(c3ccc(-c4cccc5c4ccc4ccccc45)cc3)c3ccccc3-c3cccc4c3oc3cc5ccccc5cc34)cc2)cc(-n2c3ccccc3c3ccccc32)c1. The Morgan fingerprint density at radius 2 is 0.870 bits per heavy atom. The lowest BCUT2D eigenvalue weighted by Crippen LogP contribution is -2.11. The van der Waals surface area contributed by atoms with Crippen LogP contribution < -0.4 is 4.90 Å². The molecule has 14 rings (SSSR count).